The maximum Gasteiger partial charge on any atom is 0.319 e. The second-order valence-electron chi connectivity index (χ2n) is 14.6. The number of rotatable bonds is 9. The van der Waals surface area contributed by atoms with E-state index in [4.69, 9.17) is 14.5 Å². The largest absolute Gasteiger partial charge is 0.461 e. The Morgan fingerprint density at radius 3 is 2.78 bits per heavy atom. The molecule has 1 N–H and O–H groups in total. The number of alkyl halides is 1. The molecule has 2 aromatic heterocycles. The molecule has 0 radical (unpaired) electrons. The number of piperidine rings is 1. The van der Waals surface area contributed by atoms with Gasteiger partial charge in [0.1, 0.15) is 41.4 Å². The zero-order valence-electron chi connectivity index (χ0n) is 28.4. The van der Waals surface area contributed by atoms with E-state index >= 15 is 8.78 Å². The quantitative estimate of drug-likeness (QED) is 0.155. The van der Waals surface area contributed by atoms with Crippen LogP contribution in [0.1, 0.15) is 64.4 Å². The van der Waals surface area contributed by atoms with E-state index in [0.717, 1.165) is 25.8 Å². The summed E-state index contributed by atoms with van der Waals surface area (Å²) in [5.41, 5.74) is 0.129. The first kappa shape index (κ1) is 33.1. The molecular weight excluding hydrogens is 647 g/mol. The third-order valence-electron chi connectivity index (χ3n) is 11.3. The van der Waals surface area contributed by atoms with E-state index in [1.54, 1.807) is 12.1 Å². The van der Waals surface area contributed by atoms with Crippen molar-refractivity contribution in [1.29, 1.82) is 0 Å². The van der Waals surface area contributed by atoms with Crippen LogP contribution in [-0.2, 0) is 11.2 Å². The molecule has 2 bridgehead atoms. The second kappa shape index (κ2) is 12.9. The molecule has 1 aliphatic carbocycles. The molecule has 4 aliphatic rings. The van der Waals surface area contributed by atoms with Crippen molar-refractivity contribution < 1.29 is 32.5 Å². The van der Waals surface area contributed by atoms with Gasteiger partial charge in [-0.15, -0.1) is 0 Å². The van der Waals surface area contributed by atoms with Gasteiger partial charge in [-0.2, -0.15) is 9.97 Å². The zero-order valence-corrected chi connectivity index (χ0v) is 28.4. The number of carbonyl (C=O) groups is 1. The van der Waals surface area contributed by atoms with Crippen molar-refractivity contribution in [3.05, 3.63) is 47.7 Å². The number of aliphatic hydroxyl groups is 1. The topological polar surface area (TPSA) is 101 Å². The van der Waals surface area contributed by atoms with Crippen molar-refractivity contribution in [3.8, 4) is 23.0 Å². The highest BCUT2D eigenvalue weighted by Gasteiger charge is 2.49. The minimum Gasteiger partial charge on any atom is -0.461 e. The first-order valence-electron chi connectivity index (χ1n) is 17.9. The van der Waals surface area contributed by atoms with Gasteiger partial charge >= 0.3 is 12.0 Å². The summed E-state index contributed by atoms with van der Waals surface area (Å²) in [4.78, 5) is 30.8. The summed E-state index contributed by atoms with van der Waals surface area (Å²) < 4.78 is 58.9. The Morgan fingerprint density at radius 1 is 1.12 bits per heavy atom. The van der Waals surface area contributed by atoms with E-state index in [1.807, 2.05) is 13.8 Å². The number of aryl methyl sites for hydroxylation is 1. The third-order valence-corrected chi connectivity index (χ3v) is 11.3. The molecule has 0 amide bonds. The van der Waals surface area contributed by atoms with Gasteiger partial charge in [0.15, 0.2) is 5.82 Å². The fraction of sp³-hybridized carbons (Fsp3) is 0.526. The van der Waals surface area contributed by atoms with E-state index in [2.05, 4.69) is 19.8 Å². The monoisotopic (exact) mass is 689 g/mol. The van der Waals surface area contributed by atoms with Gasteiger partial charge in [-0.3, -0.25) is 14.7 Å². The molecule has 264 valence electrons. The lowest BCUT2D eigenvalue weighted by molar-refractivity contribution is -0.134. The molecule has 9 nitrogen and oxygen atoms in total. The molecule has 50 heavy (non-hydrogen) atoms. The fourth-order valence-electron chi connectivity index (χ4n) is 9.03. The Kier molecular flexibility index (Phi) is 8.57. The molecule has 5 atom stereocenters. The molecule has 0 spiro atoms. The molecule has 12 heteroatoms. The molecule has 2 aromatic carbocycles. The van der Waals surface area contributed by atoms with Crippen LogP contribution in [0.25, 0.3) is 32.9 Å². The Balaban J connectivity index is 1.27. The van der Waals surface area contributed by atoms with Crippen LogP contribution in [0.4, 0.5) is 19.0 Å². The molecule has 3 aliphatic heterocycles. The summed E-state index contributed by atoms with van der Waals surface area (Å²) in [5.74, 6) is -0.586. The van der Waals surface area contributed by atoms with Crippen molar-refractivity contribution in [2.75, 3.05) is 37.7 Å². The summed E-state index contributed by atoms with van der Waals surface area (Å²) in [6.07, 6.45) is 5.09. The standard InChI is InChI=1S/C38H42F3N5O4/c1-3-6-31(48)50-25-13-22-7-8-29(40)26(4-2)32(22)27(14-25)34-33(41)35-28(16-42-34)36(45-17-21-11-23(18-45)30(47)12-21)44-37(43-35)49-20-38-9-5-10-46(38)19-24(39)15-38/h7-8,13-14,16,21,23-24,30,47H,3-6,9-12,15,17-20H2,1-2H3/t21-,23-,24-,30-,38+/m1/s1. The van der Waals surface area contributed by atoms with Crippen LogP contribution in [0.2, 0.25) is 0 Å². The van der Waals surface area contributed by atoms with Crippen molar-refractivity contribution in [2.45, 2.75) is 83.0 Å². The lowest BCUT2D eigenvalue weighted by atomic mass is 9.94. The number of benzene rings is 2. The van der Waals surface area contributed by atoms with E-state index in [1.165, 1.54) is 18.3 Å². The van der Waals surface area contributed by atoms with Gasteiger partial charge in [-0.05, 0) is 85.5 Å². The SMILES string of the molecule is CCCC(=O)Oc1cc(-c2ncc3c(N4C[C@@H]5C[C@H](C4)[C@H](O)C5)nc(OC[C@@]45CCCN4C[C@H](F)C5)nc3c2F)c2c(CC)c(F)ccc2c1. The van der Waals surface area contributed by atoms with Gasteiger partial charge in [0.25, 0.3) is 0 Å². The summed E-state index contributed by atoms with van der Waals surface area (Å²) in [7, 11) is 0. The maximum absolute atomic E-state index is 17.2. The van der Waals surface area contributed by atoms with Crippen molar-refractivity contribution >= 4 is 33.5 Å². The average Bonchev–Trinajstić information content (AvgIpc) is 3.71. The van der Waals surface area contributed by atoms with Gasteiger partial charge in [-0.25, -0.2) is 13.2 Å². The van der Waals surface area contributed by atoms with E-state index in [0.29, 0.717) is 72.9 Å². The van der Waals surface area contributed by atoms with Gasteiger partial charge < -0.3 is 19.5 Å². The summed E-state index contributed by atoms with van der Waals surface area (Å²) in [6, 6.07) is 6.13. The second-order valence-corrected chi connectivity index (χ2v) is 14.6. The number of anilines is 1. The normalized spacial score (nSPS) is 26.2. The van der Waals surface area contributed by atoms with Crippen molar-refractivity contribution in [1.82, 2.24) is 19.9 Å². The molecule has 4 fully saturated rings. The van der Waals surface area contributed by atoms with Gasteiger partial charge in [0.05, 0.1) is 17.0 Å². The van der Waals surface area contributed by atoms with Crippen LogP contribution in [0.5, 0.6) is 11.8 Å². The first-order valence-corrected chi connectivity index (χ1v) is 17.9. The number of aromatic nitrogens is 3. The lowest BCUT2D eigenvalue weighted by Gasteiger charge is -2.34. The number of ether oxygens (including phenoxy) is 2. The number of hydrogen-bond donors (Lipinski definition) is 1. The predicted octanol–water partition coefficient (Wildman–Crippen LogP) is 6.55. The highest BCUT2D eigenvalue weighted by Crippen LogP contribution is 2.44. The van der Waals surface area contributed by atoms with E-state index in [-0.39, 0.29) is 53.4 Å². The summed E-state index contributed by atoms with van der Waals surface area (Å²) in [5, 5.41) is 12.1. The smallest absolute Gasteiger partial charge is 0.319 e. The summed E-state index contributed by atoms with van der Waals surface area (Å²) in [6.45, 7) is 6.23. The van der Waals surface area contributed by atoms with Crippen LogP contribution in [0, 0.1) is 23.5 Å². The highest BCUT2D eigenvalue weighted by atomic mass is 19.1. The van der Waals surface area contributed by atoms with Gasteiger partial charge in [0, 0.05) is 50.2 Å². The van der Waals surface area contributed by atoms with Crippen molar-refractivity contribution in [2.24, 2.45) is 11.8 Å². The minimum atomic E-state index is -0.932. The molecule has 4 aromatic rings. The molecule has 1 saturated carbocycles. The average molecular weight is 690 g/mol. The predicted molar refractivity (Wildman–Crippen MR) is 183 cm³/mol. The Morgan fingerprint density at radius 2 is 1.98 bits per heavy atom. The number of aliphatic hydroxyl groups excluding tert-OH is 1. The lowest BCUT2D eigenvalue weighted by Crippen LogP contribution is -2.43. The van der Waals surface area contributed by atoms with Crippen LogP contribution < -0.4 is 14.4 Å². The van der Waals surface area contributed by atoms with Crippen LogP contribution in [-0.4, -0.2) is 81.5 Å². The van der Waals surface area contributed by atoms with Crippen LogP contribution in [0.3, 0.4) is 0 Å². The van der Waals surface area contributed by atoms with Gasteiger partial charge in [-0.1, -0.05) is 19.9 Å². The van der Waals surface area contributed by atoms with E-state index < -0.39 is 35.4 Å². The number of hydrogen-bond acceptors (Lipinski definition) is 9. The number of esters is 1. The molecular formula is C38H42F3N5O4. The third kappa shape index (κ3) is 5.74. The Bertz CT molecular complexity index is 1980. The molecule has 0 unspecified atom stereocenters. The van der Waals surface area contributed by atoms with Crippen LogP contribution >= 0.6 is 0 Å². The number of pyridine rings is 1. The molecule has 3 saturated heterocycles. The van der Waals surface area contributed by atoms with E-state index in [9.17, 15) is 14.3 Å². The minimum absolute atomic E-state index is 0.0139. The zero-order chi connectivity index (χ0) is 34.7. The number of carbonyl (C=O) groups excluding carboxylic acids is 1. The molecule has 5 heterocycles. The molecule has 8 rings (SSSR count). The highest BCUT2D eigenvalue weighted by molar-refractivity contribution is 6.02. The van der Waals surface area contributed by atoms with Gasteiger partial charge in [0.2, 0.25) is 0 Å². The number of halogens is 3. The Hall–Kier alpha value is -4.03. The maximum atomic E-state index is 17.2. The summed E-state index contributed by atoms with van der Waals surface area (Å²) >= 11 is 0. The number of fused-ring (bicyclic) bond motifs is 5. The number of nitrogens with zero attached hydrogens (tertiary/aromatic N) is 5. The van der Waals surface area contributed by atoms with Crippen molar-refractivity contribution in [3.63, 3.8) is 0 Å². The Labute approximate surface area is 288 Å². The first-order chi connectivity index (χ1) is 24.2. The van der Waals surface area contributed by atoms with Crippen LogP contribution in [0.15, 0.2) is 30.5 Å². The fourth-order valence-corrected chi connectivity index (χ4v) is 9.03.